The van der Waals surface area contributed by atoms with E-state index in [0.29, 0.717) is 0 Å². The molecule has 0 radical (unpaired) electrons. The molecule has 0 bridgehead atoms. The van der Waals surface area contributed by atoms with Crippen LogP contribution in [0.2, 0.25) is 0 Å². The summed E-state index contributed by atoms with van der Waals surface area (Å²) >= 11 is 0. The van der Waals surface area contributed by atoms with Crippen LogP contribution in [0.1, 0.15) is 19.4 Å². The smallest absolute Gasteiger partial charge is 0.155 e. The molecule has 8 nitrogen and oxygen atoms in total. The summed E-state index contributed by atoms with van der Waals surface area (Å²) in [6, 6.07) is 14.4. The van der Waals surface area contributed by atoms with Crippen LogP contribution >= 0.6 is 0 Å². The fourth-order valence-corrected chi connectivity index (χ4v) is 3.27. The van der Waals surface area contributed by atoms with Crippen LogP contribution in [-0.2, 0) is 0 Å². The Bertz CT molecular complexity index is 1210. The summed E-state index contributed by atoms with van der Waals surface area (Å²) in [6.07, 6.45) is 0. The van der Waals surface area contributed by atoms with Gasteiger partial charge < -0.3 is 9.73 Å². The van der Waals surface area contributed by atoms with Gasteiger partial charge >= 0.3 is 0 Å². The van der Waals surface area contributed by atoms with Crippen molar-refractivity contribution in [1.82, 2.24) is 4.98 Å². The van der Waals surface area contributed by atoms with Crippen LogP contribution in [0, 0.1) is 17.2 Å². The lowest BCUT2D eigenvalue weighted by Crippen LogP contribution is -2.58. The molecule has 158 valence electrons. The first-order valence-electron chi connectivity index (χ1n) is 9.35. The molecule has 0 spiro atoms. The van der Waals surface area contributed by atoms with E-state index in [1.165, 1.54) is 5.56 Å². The van der Waals surface area contributed by atoms with Gasteiger partial charge in [0.2, 0.25) is 0 Å². The Kier molecular flexibility index (Phi) is 6.55. The van der Waals surface area contributed by atoms with Crippen LogP contribution in [0.25, 0.3) is 33.3 Å². The van der Waals surface area contributed by atoms with E-state index >= 15 is 0 Å². The van der Waals surface area contributed by atoms with E-state index in [1.54, 1.807) is 0 Å². The van der Waals surface area contributed by atoms with Crippen molar-refractivity contribution in [2.75, 3.05) is 18.4 Å². The Morgan fingerprint density at radius 1 is 1.10 bits per heavy atom. The molecular formula is C21H22ClN3O5. The summed E-state index contributed by atoms with van der Waals surface area (Å²) in [6.45, 7) is 7.83. The Morgan fingerprint density at radius 2 is 1.77 bits per heavy atom. The second-order valence-electron chi connectivity index (χ2n) is 6.54. The molecule has 1 aliphatic carbocycles. The molecular weight excluding hydrogens is 410 g/mol. The Morgan fingerprint density at radius 3 is 2.40 bits per heavy atom. The number of hydrogen-bond acceptors (Lipinski definition) is 8. The van der Waals surface area contributed by atoms with Gasteiger partial charge in [-0.15, -0.1) is 0 Å². The third-order valence-corrected chi connectivity index (χ3v) is 4.41. The Labute approximate surface area is 175 Å². The maximum absolute atomic E-state index is 8.60. The van der Waals surface area contributed by atoms with Crippen molar-refractivity contribution in [3.8, 4) is 11.5 Å². The number of rotatable bonds is 3. The Balaban J connectivity index is 0.000000461. The molecule has 1 aliphatic heterocycles. The monoisotopic (exact) mass is 431 g/mol. The SMILES string of the molecule is CC/N=c1\cc2oc3cc(NCC)c(C)cc3nc-2c2ccccc12.[O-][Cl+3]([O-])([O-])O. The number of anilines is 1. The molecule has 2 aromatic carbocycles. The van der Waals surface area contributed by atoms with Gasteiger partial charge in [0.15, 0.2) is 11.3 Å². The maximum Gasteiger partial charge on any atom is 0.155 e. The quantitative estimate of drug-likeness (QED) is 0.358. The van der Waals surface area contributed by atoms with Gasteiger partial charge in [-0.25, -0.2) is 4.98 Å². The van der Waals surface area contributed by atoms with Crippen LogP contribution in [0.15, 0.2) is 51.9 Å². The highest BCUT2D eigenvalue weighted by molar-refractivity contribution is 5.96. The summed E-state index contributed by atoms with van der Waals surface area (Å²) in [5, 5.41) is 6.51. The van der Waals surface area contributed by atoms with Gasteiger partial charge in [-0.2, -0.15) is 14.0 Å². The van der Waals surface area contributed by atoms with Crippen molar-refractivity contribution in [1.29, 1.82) is 0 Å². The van der Waals surface area contributed by atoms with Crippen molar-refractivity contribution >= 4 is 27.6 Å². The number of nitrogens with one attached hydrogen (secondary N) is 1. The van der Waals surface area contributed by atoms with Gasteiger partial charge in [0.1, 0.15) is 11.2 Å². The van der Waals surface area contributed by atoms with Crippen molar-refractivity contribution in [3.63, 3.8) is 0 Å². The minimum absolute atomic E-state index is 0.736. The lowest BCUT2D eigenvalue weighted by Gasteiger charge is -2.13. The van der Waals surface area contributed by atoms with Crippen LogP contribution in [0.4, 0.5) is 5.69 Å². The molecule has 2 aromatic rings. The second kappa shape index (κ2) is 8.95. The molecule has 0 saturated carbocycles. The predicted octanol–water partition coefficient (Wildman–Crippen LogP) is 0.623. The maximum atomic E-state index is 8.60. The number of halogens is 1. The van der Waals surface area contributed by atoms with Gasteiger partial charge in [-0.05, 0) is 32.4 Å². The average Bonchev–Trinajstić information content (AvgIpc) is 2.67. The standard InChI is InChI=1S/C21H21N3O.ClHO4/c1-4-22-16-11-19-18(10-13(16)3)24-21-15-9-7-6-8-14(15)17(23-5-2)12-20(21)25-19;2-1(3,4)5/h6-12,22H,4-5H2,1-3H3;(H,2,3,4,5)/b23-17+;. The fourth-order valence-electron chi connectivity index (χ4n) is 3.27. The van der Waals surface area contributed by atoms with Crippen molar-refractivity contribution in [2.45, 2.75) is 20.8 Å². The summed E-state index contributed by atoms with van der Waals surface area (Å²) in [7, 11) is -4.69. The summed E-state index contributed by atoms with van der Waals surface area (Å²) < 4.78 is 38.9. The van der Waals surface area contributed by atoms with E-state index in [-0.39, 0.29) is 0 Å². The van der Waals surface area contributed by atoms with Gasteiger partial charge in [-0.1, -0.05) is 24.3 Å². The minimum atomic E-state index is -4.69. The van der Waals surface area contributed by atoms with Crippen LogP contribution < -0.4 is 24.7 Å². The van der Waals surface area contributed by atoms with Crippen LogP contribution in [-0.4, -0.2) is 22.7 Å². The van der Waals surface area contributed by atoms with Gasteiger partial charge in [-0.3, -0.25) is 4.99 Å². The third kappa shape index (κ3) is 5.05. The number of aryl methyl sites for hydroxylation is 1. The molecule has 4 rings (SSSR count). The highest BCUT2D eigenvalue weighted by Gasteiger charge is 2.15. The third-order valence-electron chi connectivity index (χ3n) is 4.41. The fraction of sp³-hybridized carbons (Fsp3) is 0.238. The molecule has 2 aliphatic rings. The zero-order chi connectivity index (χ0) is 21.9. The predicted molar refractivity (Wildman–Crippen MR) is 105 cm³/mol. The zero-order valence-electron chi connectivity index (χ0n) is 16.8. The summed E-state index contributed by atoms with van der Waals surface area (Å²) in [5.74, 6) is 0.768. The van der Waals surface area contributed by atoms with E-state index < -0.39 is 10.2 Å². The molecule has 1 heterocycles. The second-order valence-corrected chi connectivity index (χ2v) is 7.33. The van der Waals surface area contributed by atoms with Crippen molar-refractivity contribution < 1.29 is 33.3 Å². The lowest BCUT2D eigenvalue weighted by molar-refractivity contribution is -1.92. The molecule has 9 heteroatoms. The van der Waals surface area contributed by atoms with Crippen LogP contribution in [0.3, 0.4) is 0 Å². The number of nitrogens with zero attached hydrogens (tertiary/aromatic N) is 2. The highest BCUT2D eigenvalue weighted by Crippen LogP contribution is 2.32. The topological polar surface area (TPSA) is 140 Å². The molecule has 0 aromatic heterocycles. The first-order valence-corrected chi connectivity index (χ1v) is 10.6. The van der Waals surface area contributed by atoms with E-state index in [2.05, 4.69) is 42.4 Å². The first-order chi connectivity index (χ1) is 14.2. The first kappa shape index (κ1) is 21.9. The van der Waals surface area contributed by atoms with E-state index in [1.807, 2.05) is 31.2 Å². The number of hydrogen-bond donors (Lipinski definition) is 2. The van der Waals surface area contributed by atoms with Crippen molar-refractivity contribution in [3.05, 3.63) is 53.4 Å². The molecule has 2 N–H and O–H groups in total. The van der Waals surface area contributed by atoms with Crippen LogP contribution in [0.5, 0.6) is 0 Å². The molecule has 0 unspecified atom stereocenters. The average molecular weight is 432 g/mol. The molecule has 0 fully saturated rings. The largest absolute Gasteiger partial charge is 0.453 e. The van der Waals surface area contributed by atoms with Gasteiger partial charge in [0.25, 0.3) is 0 Å². The number of benzene rings is 3. The normalized spacial score (nSPS) is 12.3. The van der Waals surface area contributed by atoms with E-state index in [0.717, 1.165) is 57.5 Å². The lowest BCUT2D eigenvalue weighted by atomic mass is 10.0. The number of fused-ring (bicyclic) bond motifs is 4. The molecule has 0 amide bonds. The molecule has 30 heavy (non-hydrogen) atoms. The zero-order valence-corrected chi connectivity index (χ0v) is 17.6. The Hall–Kier alpha value is -2.75. The summed E-state index contributed by atoms with van der Waals surface area (Å²) in [5.41, 5.74) is 4.79. The highest BCUT2D eigenvalue weighted by atomic mass is 35.7. The van der Waals surface area contributed by atoms with Gasteiger partial charge in [0.05, 0.1) is 20.3 Å². The van der Waals surface area contributed by atoms with Gasteiger partial charge in [0, 0.05) is 41.7 Å². The summed E-state index contributed by atoms with van der Waals surface area (Å²) in [4.78, 5) is 9.53. The molecule has 0 saturated heterocycles. The van der Waals surface area contributed by atoms with Crippen molar-refractivity contribution in [2.24, 2.45) is 4.99 Å². The molecule has 0 atom stereocenters. The number of aromatic nitrogens is 1. The van der Waals surface area contributed by atoms with E-state index in [4.69, 9.17) is 28.0 Å². The minimum Gasteiger partial charge on any atom is -0.453 e. The van der Waals surface area contributed by atoms with E-state index in [9.17, 15) is 0 Å².